The average Bonchev–Trinajstić information content (AvgIpc) is 2.82. The predicted molar refractivity (Wildman–Crippen MR) is 146 cm³/mol. The number of carbonyl (C=O) groups excluding carboxylic acids is 1. The number of carbonyl (C=O) groups is 1. The van der Waals surface area contributed by atoms with Crippen LogP contribution in [0.3, 0.4) is 0 Å². The number of hydrogen-bond acceptors (Lipinski definition) is 7. The lowest BCUT2D eigenvalue weighted by Gasteiger charge is -2.35. The van der Waals surface area contributed by atoms with Crippen molar-refractivity contribution in [2.75, 3.05) is 7.11 Å². The van der Waals surface area contributed by atoms with Crippen molar-refractivity contribution in [2.45, 2.75) is 26.2 Å². The van der Waals surface area contributed by atoms with Crippen molar-refractivity contribution in [3.8, 4) is 45.6 Å². The molecule has 0 fully saturated rings. The molecule has 0 aliphatic heterocycles. The normalized spacial score (nSPS) is 13.9. The Morgan fingerprint density at radius 1 is 0.784 bits per heavy atom. The quantitative estimate of drug-likeness (QED) is 0.166. The lowest BCUT2D eigenvalue weighted by molar-refractivity contribution is 0.102. The van der Waals surface area contributed by atoms with Gasteiger partial charge >= 0.3 is 0 Å². The smallest absolute Gasteiger partial charge is 0.201 e. The molecule has 9 heteroatoms. The number of ketones is 1. The van der Waals surface area contributed by atoms with E-state index in [-0.39, 0.29) is 39.5 Å². The van der Waals surface area contributed by atoms with E-state index < -0.39 is 16.9 Å². The fraction of sp³-hybridized carbons (Fsp3) is 0.179. The van der Waals surface area contributed by atoms with Gasteiger partial charge in [-0.25, -0.2) is 0 Å². The molecule has 190 valence electrons. The topological polar surface area (TPSA) is 127 Å². The fourth-order valence-electron chi connectivity index (χ4n) is 5.29. The summed E-state index contributed by atoms with van der Waals surface area (Å²) in [7, 11) is 1.47. The zero-order chi connectivity index (χ0) is 27.1. The van der Waals surface area contributed by atoms with Gasteiger partial charge in [-0.1, -0.05) is 13.8 Å². The molecule has 0 atom stereocenters. The highest BCUT2D eigenvalue weighted by molar-refractivity contribution is 9.11. The number of methoxy groups -OCH3 is 1. The van der Waals surface area contributed by atoms with Gasteiger partial charge < -0.3 is 30.3 Å². The number of fused-ring (bicyclic) bond motifs is 3. The molecule has 0 heterocycles. The molecule has 0 amide bonds. The largest absolute Gasteiger partial charge is 0.508 e. The highest BCUT2D eigenvalue weighted by atomic mass is 79.9. The van der Waals surface area contributed by atoms with Gasteiger partial charge in [-0.05, 0) is 73.7 Å². The lowest BCUT2D eigenvalue weighted by atomic mass is 9.67. The van der Waals surface area contributed by atoms with Gasteiger partial charge in [0.25, 0.3) is 0 Å². The van der Waals surface area contributed by atoms with Crippen molar-refractivity contribution in [1.29, 1.82) is 0 Å². The van der Waals surface area contributed by atoms with Crippen LogP contribution < -0.4 is 4.74 Å². The van der Waals surface area contributed by atoms with Gasteiger partial charge in [0.1, 0.15) is 34.5 Å². The zero-order valence-corrected chi connectivity index (χ0v) is 23.4. The van der Waals surface area contributed by atoms with Crippen molar-refractivity contribution < 1.29 is 35.1 Å². The molecular weight excluding hydrogens is 608 g/mol. The Labute approximate surface area is 228 Å². The van der Waals surface area contributed by atoms with Crippen molar-refractivity contribution in [2.24, 2.45) is 0 Å². The molecule has 0 saturated heterocycles. The van der Waals surface area contributed by atoms with Crippen LogP contribution in [0.15, 0.2) is 39.3 Å². The van der Waals surface area contributed by atoms with Crippen molar-refractivity contribution in [3.63, 3.8) is 0 Å². The second-order valence-electron chi connectivity index (χ2n) is 9.58. The summed E-state index contributed by atoms with van der Waals surface area (Å²) in [6.45, 7) is 5.38. The molecule has 0 spiro atoms. The van der Waals surface area contributed by atoms with E-state index in [2.05, 4.69) is 31.9 Å². The number of hydrogen-bond donors (Lipinski definition) is 5. The summed E-state index contributed by atoms with van der Waals surface area (Å²) in [5, 5.41) is 54.8. The van der Waals surface area contributed by atoms with E-state index in [1.807, 2.05) is 13.8 Å². The molecule has 5 rings (SSSR count). The molecule has 0 aromatic heterocycles. The first kappa shape index (κ1) is 25.2. The Bertz CT molecular complexity index is 1690. The van der Waals surface area contributed by atoms with E-state index in [1.165, 1.54) is 25.3 Å². The molecule has 1 aliphatic rings. The van der Waals surface area contributed by atoms with E-state index in [9.17, 15) is 30.3 Å². The maximum Gasteiger partial charge on any atom is 0.201 e. The van der Waals surface area contributed by atoms with E-state index in [0.29, 0.717) is 47.9 Å². The molecule has 0 bridgehead atoms. The SMILES string of the molecule is COc1cc(O)c(-c2cc(O)c(Br)c3cc4c(c(O)c23)C(=O)c2c(O)cc(O)cc2C4(C)C)c(C)c1Br. The minimum atomic E-state index is -0.910. The van der Waals surface area contributed by atoms with E-state index in [1.54, 1.807) is 13.0 Å². The fourth-order valence-corrected chi connectivity index (χ4v) is 6.19. The van der Waals surface area contributed by atoms with Crippen LogP contribution in [0.4, 0.5) is 0 Å². The average molecular weight is 630 g/mol. The molecule has 0 radical (unpaired) electrons. The summed E-state index contributed by atoms with van der Waals surface area (Å²) >= 11 is 6.90. The van der Waals surface area contributed by atoms with Crippen LogP contribution in [0.25, 0.3) is 21.9 Å². The van der Waals surface area contributed by atoms with Crippen LogP contribution in [-0.2, 0) is 5.41 Å². The van der Waals surface area contributed by atoms with Crippen LogP contribution in [-0.4, -0.2) is 38.4 Å². The lowest BCUT2D eigenvalue weighted by Crippen LogP contribution is -2.30. The maximum atomic E-state index is 13.7. The first-order chi connectivity index (χ1) is 17.3. The van der Waals surface area contributed by atoms with Crippen LogP contribution in [0.2, 0.25) is 0 Å². The van der Waals surface area contributed by atoms with E-state index in [4.69, 9.17) is 4.74 Å². The van der Waals surface area contributed by atoms with Crippen molar-refractivity contribution in [3.05, 3.63) is 67.1 Å². The van der Waals surface area contributed by atoms with Gasteiger partial charge in [0.05, 0.1) is 27.2 Å². The van der Waals surface area contributed by atoms with Crippen LogP contribution in [0.5, 0.6) is 34.5 Å². The first-order valence-corrected chi connectivity index (χ1v) is 12.8. The Hall–Kier alpha value is -3.43. The Morgan fingerprint density at radius 2 is 1.41 bits per heavy atom. The third-order valence-electron chi connectivity index (χ3n) is 7.15. The van der Waals surface area contributed by atoms with Gasteiger partial charge in [-0.15, -0.1) is 0 Å². The summed E-state index contributed by atoms with van der Waals surface area (Å²) in [5.74, 6) is -1.43. The Balaban J connectivity index is 1.96. The second-order valence-corrected chi connectivity index (χ2v) is 11.2. The number of aromatic hydroxyl groups is 5. The summed E-state index contributed by atoms with van der Waals surface area (Å²) in [6.07, 6.45) is 0. The third-order valence-corrected chi connectivity index (χ3v) is 8.97. The predicted octanol–water partition coefficient (Wildman–Crippen LogP) is 6.75. The monoisotopic (exact) mass is 628 g/mol. The van der Waals surface area contributed by atoms with Crippen molar-refractivity contribution >= 4 is 48.4 Å². The molecule has 37 heavy (non-hydrogen) atoms. The van der Waals surface area contributed by atoms with Gasteiger partial charge in [0, 0.05) is 39.4 Å². The van der Waals surface area contributed by atoms with Gasteiger partial charge in [-0.2, -0.15) is 0 Å². The Kier molecular flexibility index (Phi) is 5.65. The number of phenolic OH excluding ortho intramolecular Hbond substituents is 5. The molecular formula is C28H22Br2O7. The molecule has 5 N–H and O–H groups in total. The molecule has 7 nitrogen and oxygen atoms in total. The minimum Gasteiger partial charge on any atom is -0.508 e. The molecule has 4 aromatic rings. The number of ether oxygens (including phenoxy) is 1. The molecule has 1 aliphatic carbocycles. The zero-order valence-electron chi connectivity index (χ0n) is 20.2. The third kappa shape index (κ3) is 3.40. The van der Waals surface area contributed by atoms with Crippen LogP contribution >= 0.6 is 31.9 Å². The summed E-state index contributed by atoms with van der Waals surface area (Å²) in [5.41, 5.74) is 1.14. The van der Waals surface area contributed by atoms with Gasteiger partial charge in [-0.3, -0.25) is 4.79 Å². The first-order valence-electron chi connectivity index (χ1n) is 11.2. The van der Waals surface area contributed by atoms with Crippen LogP contribution in [0, 0.1) is 6.92 Å². The minimum absolute atomic E-state index is 0.00411. The van der Waals surface area contributed by atoms with E-state index in [0.717, 1.165) is 6.07 Å². The molecule has 0 unspecified atom stereocenters. The highest BCUT2D eigenvalue weighted by Gasteiger charge is 2.42. The van der Waals surface area contributed by atoms with Gasteiger partial charge in [0.15, 0.2) is 0 Å². The number of phenols is 5. The Morgan fingerprint density at radius 3 is 2.05 bits per heavy atom. The number of rotatable bonds is 2. The highest BCUT2D eigenvalue weighted by Crippen LogP contribution is 2.54. The number of halogens is 2. The van der Waals surface area contributed by atoms with Crippen LogP contribution in [0.1, 0.15) is 46.5 Å². The standard InChI is InChI=1S/C28H22Br2O7/c1-10-20(17(33)9-19(37-4)24(10)29)12-8-18(34)25(30)13-7-15-23(26(35)21(12)13)27(36)22-14(28(15,2)3)5-11(31)6-16(22)32/h5-9,31-35H,1-4H3. The summed E-state index contributed by atoms with van der Waals surface area (Å²) < 4.78 is 6.19. The molecule has 0 saturated carbocycles. The van der Waals surface area contributed by atoms with Crippen molar-refractivity contribution in [1.82, 2.24) is 0 Å². The summed E-state index contributed by atoms with van der Waals surface area (Å²) in [6, 6.07) is 7.04. The number of benzene rings is 4. The molecule has 4 aromatic carbocycles. The van der Waals surface area contributed by atoms with E-state index >= 15 is 0 Å². The second kappa shape index (κ2) is 8.29. The summed E-state index contributed by atoms with van der Waals surface area (Å²) in [4.78, 5) is 13.7. The van der Waals surface area contributed by atoms with Gasteiger partial charge in [0.2, 0.25) is 5.78 Å². The maximum absolute atomic E-state index is 13.7.